The van der Waals surface area contributed by atoms with Gasteiger partial charge >= 0.3 is 0 Å². The summed E-state index contributed by atoms with van der Waals surface area (Å²) in [6.07, 6.45) is 1.20. The van der Waals surface area contributed by atoms with Gasteiger partial charge in [0.25, 0.3) is 0 Å². The van der Waals surface area contributed by atoms with Crippen molar-refractivity contribution in [3.63, 3.8) is 0 Å². The number of nitrogens with one attached hydrogen (secondary N) is 1. The van der Waals surface area contributed by atoms with Crippen LogP contribution in [-0.2, 0) is 5.54 Å². The molecule has 0 amide bonds. The molecule has 1 unspecified atom stereocenters. The van der Waals surface area contributed by atoms with Crippen LogP contribution < -0.4 is 5.32 Å². The predicted molar refractivity (Wildman–Crippen MR) is 68.8 cm³/mol. The Hall–Kier alpha value is -0.860. The highest BCUT2D eigenvalue weighted by Crippen LogP contribution is 2.35. The lowest BCUT2D eigenvalue weighted by atomic mass is 9.83. The van der Waals surface area contributed by atoms with E-state index in [1.54, 1.807) is 0 Å². The van der Waals surface area contributed by atoms with Crippen LogP contribution in [0.15, 0.2) is 18.2 Å². The molecule has 1 fully saturated rings. The van der Waals surface area contributed by atoms with Crippen molar-refractivity contribution in [1.82, 2.24) is 10.2 Å². The highest BCUT2D eigenvalue weighted by atomic mass is 15.2. The third-order valence-electron chi connectivity index (χ3n) is 4.09. The van der Waals surface area contributed by atoms with Crippen LogP contribution in [0.4, 0.5) is 0 Å². The maximum Gasteiger partial charge on any atom is 0.0595 e. The molecule has 0 saturated carbocycles. The summed E-state index contributed by atoms with van der Waals surface area (Å²) in [5.41, 5.74) is 4.52. The van der Waals surface area contributed by atoms with Crippen molar-refractivity contribution in [2.45, 2.75) is 25.8 Å². The second-order valence-corrected chi connectivity index (χ2v) is 5.10. The Labute approximate surface area is 98.7 Å². The van der Waals surface area contributed by atoms with E-state index in [0.29, 0.717) is 0 Å². The van der Waals surface area contributed by atoms with Gasteiger partial charge in [-0.3, -0.25) is 4.90 Å². The fraction of sp³-hybridized carbons (Fsp3) is 0.571. The first-order valence-electron chi connectivity index (χ1n) is 6.03. The predicted octanol–water partition coefficient (Wildman–Crippen LogP) is 2.05. The number of benzene rings is 1. The molecular formula is C14H22N2. The van der Waals surface area contributed by atoms with E-state index in [9.17, 15) is 0 Å². The Morgan fingerprint density at radius 3 is 2.56 bits per heavy atom. The zero-order chi connectivity index (χ0) is 11.8. The number of likely N-dealkylation sites (N-methyl/N-ethyl adjacent to an activating group) is 1. The minimum atomic E-state index is 0.191. The van der Waals surface area contributed by atoms with Gasteiger partial charge in [-0.2, -0.15) is 0 Å². The summed E-state index contributed by atoms with van der Waals surface area (Å²) in [5, 5.41) is 3.50. The SMILES string of the molecule is Cc1cccc(C2(N(C)C)CCNC2)c1C. The van der Waals surface area contributed by atoms with Crippen molar-refractivity contribution in [2.75, 3.05) is 27.2 Å². The van der Waals surface area contributed by atoms with Crippen LogP contribution in [0.1, 0.15) is 23.1 Å². The average molecular weight is 218 g/mol. The molecule has 88 valence electrons. The van der Waals surface area contributed by atoms with Gasteiger partial charge in [-0.05, 0) is 57.6 Å². The summed E-state index contributed by atoms with van der Waals surface area (Å²) in [6.45, 7) is 6.62. The summed E-state index contributed by atoms with van der Waals surface area (Å²) >= 11 is 0. The summed E-state index contributed by atoms with van der Waals surface area (Å²) < 4.78 is 0. The maximum absolute atomic E-state index is 3.50. The number of hydrogen-bond donors (Lipinski definition) is 1. The molecule has 0 spiro atoms. The van der Waals surface area contributed by atoms with Gasteiger partial charge in [0.1, 0.15) is 0 Å². The van der Waals surface area contributed by atoms with Crippen LogP contribution >= 0.6 is 0 Å². The number of aryl methyl sites for hydroxylation is 1. The number of hydrogen-bond acceptors (Lipinski definition) is 2. The molecule has 1 atom stereocenters. The third-order valence-corrected chi connectivity index (χ3v) is 4.09. The normalized spacial score (nSPS) is 25.3. The van der Waals surface area contributed by atoms with Crippen LogP contribution in [0.2, 0.25) is 0 Å². The average Bonchev–Trinajstić information content (AvgIpc) is 2.72. The third kappa shape index (κ3) is 1.66. The van der Waals surface area contributed by atoms with Crippen LogP contribution in [-0.4, -0.2) is 32.1 Å². The lowest BCUT2D eigenvalue weighted by Crippen LogP contribution is -2.43. The smallest absolute Gasteiger partial charge is 0.0595 e. The van der Waals surface area contributed by atoms with E-state index in [4.69, 9.17) is 0 Å². The van der Waals surface area contributed by atoms with Crippen molar-refractivity contribution in [1.29, 1.82) is 0 Å². The Kier molecular flexibility index (Phi) is 3.04. The molecule has 1 saturated heterocycles. The van der Waals surface area contributed by atoms with Gasteiger partial charge in [0, 0.05) is 6.54 Å². The van der Waals surface area contributed by atoms with Crippen molar-refractivity contribution >= 4 is 0 Å². The summed E-state index contributed by atoms with van der Waals surface area (Å²) in [5.74, 6) is 0. The summed E-state index contributed by atoms with van der Waals surface area (Å²) in [7, 11) is 4.38. The molecular weight excluding hydrogens is 196 g/mol. The minimum Gasteiger partial charge on any atom is -0.314 e. The van der Waals surface area contributed by atoms with Crippen molar-refractivity contribution < 1.29 is 0 Å². The first-order valence-corrected chi connectivity index (χ1v) is 6.03. The van der Waals surface area contributed by atoms with Crippen LogP contribution in [0.5, 0.6) is 0 Å². The van der Waals surface area contributed by atoms with E-state index < -0.39 is 0 Å². The zero-order valence-corrected chi connectivity index (χ0v) is 10.8. The Morgan fingerprint density at radius 2 is 2.00 bits per heavy atom. The van der Waals surface area contributed by atoms with E-state index in [-0.39, 0.29) is 5.54 Å². The molecule has 0 aromatic heterocycles. The monoisotopic (exact) mass is 218 g/mol. The fourth-order valence-corrected chi connectivity index (χ4v) is 2.79. The van der Waals surface area contributed by atoms with E-state index >= 15 is 0 Å². The molecule has 1 heterocycles. The fourth-order valence-electron chi connectivity index (χ4n) is 2.79. The molecule has 2 nitrogen and oxygen atoms in total. The van der Waals surface area contributed by atoms with Crippen LogP contribution in [0.25, 0.3) is 0 Å². The van der Waals surface area contributed by atoms with Gasteiger partial charge in [0.2, 0.25) is 0 Å². The molecule has 1 aliphatic rings. The standard InChI is InChI=1S/C14H22N2/c1-11-6-5-7-13(12(11)2)14(16(3)4)8-9-15-10-14/h5-7,15H,8-10H2,1-4H3. The molecule has 2 heteroatoms. The van der Waals surface area contributed by atoms with Crippen molar-refractivity contribution in [3.05, 3.63) is 34.9 Å². The van der Waals surface area contributed by atoms with Gasteiger partial charge in [0.05, 0.1) is 5.54 Å². The summed E-state index contributed by atoms with van der Waals surface area (Å²) in [6, 6.07) is 6.67. The van der Waals surface area contributed by atoms with Crippen molar-refractivity contribution in [3.8, 4) is 0 Å². The molecule has 2 rings (SSSR count). The maximum atomic E-state index is 3.50. The van der Waals surface area contributed by atoms with Crippen LogP contribution in [0.3, 0.4) is 0 Å². The minimum absolute atomic E-state index is 0.191. The molecule has 1 aromatic carbocycles. The molecule has 0 aliphatic carbocycles. The van der Waals surface area contributed by atoms with Gasteiger partial charge in [-0.25, -0.2) is 0 Å². The molecule has 1 aromatic rings. The Morgan fingerprint density at radius 1 is 1.25 bits per heavy atom. The molecule has 0 radical (unpaired) electrons. The first kappa shape index (κ1) is 11.6. The number of nitrogens with zero attached hydrogens (tertiary/aromatic N) is 1. The lowest BCUT2D eigenvalue weighted by molar-refractivity contribution is 0.173. The summed E-state index contributed by atoms with van der Waals surface area (Å²) in [4.78, 5) is 2.37. The van der Waals surface area contributed by atoms with Gasteiger partial charge < -0.3 is 5.32 Å². The second-order valence-electron chi connectivity index (χ2n) is 5.10. The Balaban J connectivity index is 2.51. The van der Waals surface area contributed by atoms with E-state index in [1.165, 1.54) is 23.1 Å². The van der Waals surface area contributed by atoms with Crippen molar-refractivity contribution in [2.24, 2.45) is 0 Å². The van der Waals surface area contributed by atoms with E-state index in [2.05, 4.69) is 56.4 Å². The quantitative estimate of drug-likeness (QED) is 0.817. The number of rotatable bonds is 2. The molecule has 16 heavy (non-hydrogen) atoms. The topological polar surface area (TPSA) is 15.3 Å². The first-order chi connectivity index (χ1) is 7.58. The largest absolute Gasteiger partial charge is 0.314 e. The molecule has 1 aliphatic heterocycles. The lowest BCUT2D eigenvalue weighted by Gasteiger charge is -2.37. The van der Waals surface area contributed by atoms with Crippen LogP contribution in [0, 0.1) is 13.8 Å². The second kappa shape index (κ2) is 4.19. The Bertz CT molecular complexity index is 376. The molecule has 0 bridgehead atoms. The molecule has 1 N–H and O–H groups in total. The van der Waals surface area contributed by atoms with Gasteiger partial charge in [-0.1, -0.05) is 18.2 Å². The zero-order valence-electron chi connectivity index (χ0n) is 10.8. The van der Waals surface area contributed by atoms with Gasteiger partial charge in [-0.15, -0.1) is 0 Å². The van der Waals surface area contributed by atoms with Gasteiger partial charge in [0.15, 0.2) is 0 Å². The van der Waals surface area contributed by atoms with E-state index in [1.807, 2.05) is 0 Å². The highest BCUT2D eigenvalue weighted by Gasteiger charge is 2.38. The van der Waals surface area contributed by atoms with E-state index in [0.717, 1.165) is 13.1 Å². The highest BCUT2D eigenvalue weighted by molar-refractivity contribution is 5.39.